The maximum Gasteiger partial charge on any atom is 0.223 e. The molecule has 92 valence electrons. The molecule has 0 aliphatic heterocycles. The molecule has 0 radical (unpaired) electrons. The Bertz CT molecular complexity index is 366. The Morgan fingerprint density at radius 1 is 1.47 bits per heavy atom. The summed E-state index contributed by atoms with van der Waals surface area (Å²) in [6, 6.07) is 5.70. The molecule has 2 rings (SSSR count). The smallest absolute Gasteiger partial charge is 0.223 e. The van der Waals surface area contributed by atoms with Crippen molar-refractivity contribution in [1.29, 1.82) is 0 Å². The minimum absolute atomic E-state index is 0.101. The summed E-state index contributed by atoms with van der Waals surface area (Å²) in [5.41, 5.74) is 6.57. The lowest BCUT2D eigenvalue weighted by Crippen LogP contribution is -2.34. The highest BCUT2D eigenvalue weighted by atomic mass is 16.1. The molecule has 4 heteroatoms. The highest BCUT2D eigenvalue weighted by Gasteiger charge is 2.31. The molecule has 1 heterocycles. The number of hydrogen-bond donors (Lipinski definition) is 2. The van der Waals surface area contributed by atoms with Gasteiger partial charge in [0.2, 0.25) is 5.91 Å². The SMILES string of the molecule is NCC1CCCC1C(=O)NCc1ccccn1. The van der Waals surface area contributed by atoms with E-state index in [0.717, 1.165) is 25.0 Å². The van der Waals surface area contributed by atoms with Crippen LogP contribution >= 0.6 is 0 Å². The fraction of sp³-hybridized carbons (Fsp3) is 0.538. The molecule has 3 N–H and O–H groups in total. The van der Waals surface area contributed by atoms with Gasteiger partial charge in [-0.1, -0.05) is 12.5 Å². The van der Waals surface area contributed by atoms with E-state index in [0.29, 0.717) is 19.0 Å². The van der Waals surface area contributed by atoms with Gasteiger partial charge in [-0.05, 0) is 37.4 Å². The van der Waals surface area contributed by atoms with Crippen molar-refractivity contribution in [3.63, 3.8) is 0 Å². The minimum Gasteiger partial charge on any atom is -0.350 e. The molecule has 0 spiro atoms. The average Bonchev–Trinajstić information content (AvgIpc) is 2.85. The zero-order valence-electron chi connectivity index (χ0n) is 9.93. The zero-order chi connectivity index (χ0) is 12.1. The second kappa shape index (κ2) is 5.77. The van der Waals surface area contributed by atoms with Crippen LogP contribution in [0.1, 0.15) is 25.0 Å². The first-order valence-corrected chi connectivity index (χ1v) is 6.19. The quantitative estimate of drug-likeness (QED) is 0.817. The predicted octanol–water partition coefficient (Wildman–Crippen LogP) is 1.07. The van der Waals surface area contributed by atoms with Crippen molar-refractivity contribution in [2.24, 2.45) is 17.6 Å². The van der Waals surface area contributed by atoms with Crippen LogP contribution in [0.3, 0.4) is 0 Å². The van der Waals surface area contributed by atoms with Crippen LogP contribution in [0.5, 0.6) is 0 Å². The number of nitrogens with zero attached hydrogens (tertiary/aromatic N) is 1. The lowest BCUT2D eigenvalue weighted by atomic mass is 9.95. The Balaban J connectivity index is 1.85. The van der Waals surface area contributed by atoms with E-state index in [1.54, 1.807) is 6.20 Å². The van der Waals surface area contributed by atoms with Crippen LogP contribution < -0.4 is 11.1 Å². The van der Waals surface area contributed by atoms with Gasteiger partial charge in [0.15, 0.2) is 0 Å². The molecule has 2 unspecified atom stereocenters. The second-order valence-electron chi connectivity index (χ2n) is 4.57. The minimum atomic E-state index is 0.101. The van der Waals surface area contributed by atoms with E-state index in [4.69, 9.17) is 5.73 Å². The van der Waals surface area contributed by atoms with Crippen molar-refractivity contribution in [3.8, 4) is 0 Å². The Labute approximate surface area is 102 Å². The van der Waals surface area contributed by atoms with Gasteiger partial charge >= 0.3 is 0 Å². The number of carbonyl (C=O) groups excluding carboxylic acids is 1. The van der Waals surface area contributed by atoms with Gasteiger partial charge in [-0.25, -0.2) is 0 Å². The van der Waals surface area contributed by atoms with E-state index in [-0.39, 0.29) is 11.8 Å². The van der Waals surface area contributed by atoms with Crippen molar-refractivity contribution >= 4 is 5.91 Å². The molecule has 1 saturated carbocycles. The maximum atomic E-state index is 12.0. The highest BCUT2D eigenvalue weighted by molar-refractivity contribution is 5.79. The third kappa shape index (κ3) is 3.03. The summed E-state index contributed by atoms with van der Waals surface area (Å²) in [6.45, 7) is 1.12. The monoisotopic (exact) mass is 233 g/mol. The summed E-state index contributed by atoms with van der Waals surface area (Å²) in [4.78, 5) is 16.2. The molecule has 17 heavy (non-hydrogen) atoms. The Morgan fingerprint density at radius 3 is 3.06 bits per heavy atom. The van der Waals surface area contributed by atoms with Crippen LogP contribution in [0.2, 0.25) is 0 Å². The van der Waals surface area contributed by atoms with Gasteiger partial charge in [0, 0.05) is 12.1 Å². The largest absolute Gasteiger partial charge is 0.350 e. The molecule has 0 bridgehead atoms. The normalized spacial score (nSPS) is 23.6. The summed E-state index contributed by atoms with van der Waals surface area (Å²) in [5, 5.41) is 2.95. The van der Waals surface area contributed by atoms with Crippen LogP contribution in [-0.2, 0) is 11.3 Å². The molecule has 4 nitrogen and oxygen atoms in total. The van der Waals surface area contributed by atoms with Crippen LogP contribution in [0, 0.1) is 11.8 Å². The number of pyridine rings is 1. The lowest BCUT2D eigenvalue weighted by molar-refractivity contribution is -0.126. The molecule has 1 aromatic rings. The zero-order valence-corrected chi connectivity index (χ0v) is 9.93. The molecule has 0 saturated heterocycles. The number of nitrogens with two attached hydrogens (primary N) is 1. The van der Waals surface area contributed by atoms with Crippen LogP contribution in [0.25, 0.3) is 0 Å². The van der Waals surface area contributed by atoms with E-state index in [1.807, 2.05) is 18.2 Å². The van der Waals surface area contributed by atoms with E-state index >= 15 is 0 Å². The van der Waals surface area contributed by atoms with Crippen molar-refractivity contribution < 1.29 is 4.79 Å². The van der Waals surface area contributed by atoms with Gasteiger partial charge < -0.3 is 11.1 Å². The summed E-state index contributed by atoms with van der Waals surface area (Å²) in [7, 11) is 0. The van der Waals surface area contributed by atoms with Gasteiger partial charge in [-0.2, -0.15) is 0 Å². The Hall–Kier alpha value is -1.42. The van der Waals surface area contributed by atoms with Crippen LogP contribution in [0.15, 0.2) is 24.4 Å². The van der Waals surface area contributed by atoms with Crippen LogP contribution in [-0.4, -0.2) is 17.4 Å². The van der Waals surface area contributed by atoms with Crippen molar-refractivity contribution in [3.05, 3.63) is 30.1 Å². The number of rotatable bonds is 4. The summed E-state index contributed by atoms with van der Waals surface area (Å²) < 4.78 is 0. The lowest BCUT2D eigenvalue weighted by Gasteiger charge is -2.17. The van der Waals surface area contributed by atoms with Crippen molar-refractivity contribution in [2.45, 2.75) is 25.8 Å². The van der Waals surface area contributed by atoms with Gasteiger partial charge in [0.1, 0.15) is 0 Å². The fourth-order valence-electron chi connectivity index (χ4n) is 2.48. The highest BCUT2D eigenvalue weighted by Crippen LogP contribution is 2.30. The third-order valence-electron chi connectivity index (χ3n) is 3.47. The van der Waals surface area contributed by atoms with Gasteiger partial charge in [0.25, 0.3) is 0 Å². The standard InChI is InChI=1S/C13H19N3O/c14-8-10-4-3-6-12(10)13(17)16-9-11-5-1-2-7-15-11/h1-2,5,7,10,12H,3-4,6,8-9,14H2,(H,16,17). The van der Waals surface area contributed by atoms with Crippen LogP contribution in [0.4, 0.5) is 0 Å². The third-order valence-corrected chi connectivity index (χ3v) is 3.47. The number of aromatic nitrogens is 1. The Morgan fingerprint density at radius 2 is 2.35 bits per heavy atom. The van der Waals surface area contributed by atoms with Gasteiger partial charge in [0.05, 0.1) is 12.2 Å². The molecule has 1 aromatic heterocycles. The molecule has 1 aliphatic carbocycles. The van der Waals surface area contributed by atoms with E-state index in [1.165, 1.54) is 0 Å². The molecular formula is C13H19N3O. The first-order chi connectivity index (χ1) is 8.31. The molecule has 1 aliphatic rings. The molecular weight excluding hydrogens is 214 g/mol. The number of amides is 1. The molecule has 2 atom stereocenters. The van der Waals surface area contributed by atoms with E-state index < -0.39 is 0 Å². The molecule has 1 fully saturated rings. The first-order valence-electron chi connectivity index (χ1n) is 6.19. The van der Waals surface area contributed by atoms with Crippen molar-refractivity contribution in [1.82, 2.24) is 10.3 Å². The Kier molecular flexibility index (Phi) is 4.09. The second-order valence-corrected chi connectivity index (χ2v) is 4.57. The first kappa shape index (κ1) is 12.0. The van der Waals surface area contributed by atoms with Gasteiger partial charge in [-0.3, -0.25) is 9.78 Å². The fourth-order valence-corrected chi connectivity index (χ4v) is 2.48. The average molecular weight is 233 g/mol. The summed E-state index contributed by atoms with van der Waals surface area (Å²) in [6.07, 6.45) is 4.90. The number of carbonyl (C=O) groups is 1. The van der Waals surface area contributed by atoms with Crippen molar-refractivity contribution in [2.75, 3.05) is 6.54 Å². The molecule has 1 amide bonds. The topological polar surface area (TPSA) is 68.0 Å². The number of nitrogens with one attached hydrogen (secondary N) is 1. The maximum absolute atomic E-state index is 12.0. The van der Waals surface area contributed by atoms with Gasteiger partial charge in [-0.15, -0.1) is 0 Å². The number of hydrogen-bond acceptors (Lipinski definition) is 3. The molecule has 0 aromatic carbocycles. The predicted molar refractivity (Wildman–Crippen MR) is 66.0 cm³/mol. The van der Waals surface area contributed by atoms with E-state index in [2.05, 4.69) is 10.3 Å². The summed E-state index contributed by atoms with van der Waals surface area (Å²) in [5.74, 6) is 0.589. The van der Waals surface area contributed by atoms with E-state index in [9.17, 15) is 4.79 Å². The summed E-state index contributed by atoms with van der Waals surface area (Å²) >= 11 is 0.